The van der Waals surface area contributed by atoms with Gasteiger partial charge in [0.1, 0.15) is 31.0 Å². The Balaban J connectivity index is 1.16. The second kappa shape index (κ2) is 16.8. The summed E-state index contributed by atoms with van der Waals surface area (Å²) in [7, 11) is 0. The molecule has 0 saturated carbocycles. The molecule has 0 spiro atoms. The molecule has 4 aliphatic heterocycles. The van der Waals surface area contributed by atoms with Crippen LogP contribution in [0.1, 0.15) is 39.1 Å². The first kappa shape index (κ1) is 48.3. The van der Waals surface area contributed by atoms with Gasteiger partial charge in [0.2, 0.25) is 23.3 Å². The molecule has 0 radical (unpaired) electrons. The summed E-state index contributed by atoms with van der Waals surface area (Å²) >= 11 is 0. The number of halogens is 14. The molecule has 11 rings (SSSR count). The van der Waals surface area contributed by atoms with E-state index in [0.717, 1.165) is 36.4 Å². The summed E-state index contributed by atoms with van der Waals surface area (Å²) in [6.45, 7) is 5.44. The molecule has 3 N–H and O–H groups in total. The number of hydrogen-bond donors (Lipinski definition) is 3. The molecule has 0 unspecified atom stereocenters. The molecule has 380 valence electrons. The molecular weight excluding hydrogens is 1010 g/mol. The number of aromatic amines is 3. The van der Waals surface area contributed by atoms with Crippen molar-refractivity contribution in [3.05, 3.63) is 129 Å². The van der Waals surface area contributed by atoms with Gasteiger partial charge in [-0.2, -0.15) is 8.78 Å². The van der Waals surface area contributed by atoms with Crippen LogP contribution in [0.4, 0.5) is 61.5 Å². The lowest BCUT2D eigenvalue weighted by molar-refractivity contribution is -0.238. The predicted molar refractivity (Wildman–Crippen MR) is 229 cm³/mol. The van der Waals surface area contributed by atoms with Crippen LogP contribution in [0.2, 0.25) is 0 Å². The maximum Gasteiger partial charge on any atom is 0.204 e. The summed E-state index contributed by atoms with van der Waals surface area (Å²) < 4.78 is 254. The van der Waals surface area contributed by atoms with Crippen molar-refractivity contribution in [2.75, 3.05) is 6.61 Å². The van der Waals surface area contributed by atoms with E-state index in [2.05, 4.69) is 19.9 Å². The second-order valence-corrected chi connectivity index (χ2v) is 18.1. The van der Waals surface area contributed by atoms with Crippen molar-refractivity contribution >= 4 is 45.3 Å². The van der Waals surface area contributed by atoms with Gasteiger partial charge >= 0.3 is 0 Å². The Morgan fingerprint density at radius 1 is 0.411 bits per heavy atom. The number of ether oxygens (including phenoxy) is 6. The van der Waals surface area contributed by atoms with E-state index >= 15 is 35.1 Å². The Hall–Kier alpha value is -6.99. The zero-order valence-corrected chi connectivity index (χ0v) is 37.4. The molecule has 5 atom stereocenters. The molecule has 3 saturated heterocycles. The highest BCUT2D eigenvalue weighted by Gasteiger charge is 2.61. The smallest absolute Gasteiger partial charge is 0.204 e. The molecule has 0 aliphatic carbocycles. The highest BCUT2D eigenvalue weighted by molar-refractivity contribution is 6.00. The van der Waals surface area contributed by atoms with Crippen LogP contribution < -0.4 is 4.74 Å². The van der Waals surface area contributed by atoms with Crippen molar-refractivity contribution in [1.29, 1.82) is 0 Å². The fourth-order valence-corrected chi connectivity index (χ4v) is 9.54. The maximum atomic E-state index is 17.0. The van der Waals surface area contributed by atoms with E-state index in [0.29, 0.717) is 0 Å². The van der Waals surface area contributed by atoms with Gasteiger partial charge in [0.25, 0.3) is 0 Å². The largest absolute Gasteiger partial charge is 0.485 e. The van der Waals surface area contributed by atoms with Crippen molar-refractivity contribution in [3.8, 4) is 39.1 Å². The van der Waals surface area contributed by atoms with E-state index in [1.807, 2.05) is 0 Å². The third-order valence-electron chi connectivity index (χ3n) is 12.6. The molecule has 4 aliphatic rings. The summed E-state index contributed by atoms with van der Waals surface area (Å²) in [6, 6.07) is 6.37. The van der Waals surface area contributed by atoms with Gasteiger partial charge in [0.15, 0.2) is 81.8 Å². The van der Waals surface area contributed by atoms with Crippen molar-refractivity contribution < 1.29 is 89.9 Å². The summed E-state index contributed by atoms with van der Waals surface area (Å²) in [4.78, 5) is 12.2. The van der Waals surface area contributed by atoms with E-state index in [1.54, 1.807) is 27.7 Å². The number of hydrogen-bond acceptors (Lipinski definition) is 7. The molecule has 10 nitrogen and oxygen atoms in total. The van der Waals surface area contributed by atoms with Crippen LogP contribution in [0.25, 0.3) is 78.6 Å². The van der Waals surface area contributed by atoms with Crippen LogP contribution in [0, 0.1) is 81.4 Å². The first-order valence-electron chi connectivity index (χ1n) is 21.7. The van der Waals surface area contributed by atoms with E-state index in [1.165, 1.54) is 12.1 Å². The van der Waals surface area contributed by atoms with Gasteiger partial charge < -0.3 is 43.4 Å². The third-order valence-corrected chi connectivity index (χ3v) is 12.6. The average Bonchev–Trinajstić information content (AvgIpc) is 4.22. The standard InChI is InChI=1S/C49H30F14N4O6/c1-48(2)70-43-22(69-47-46(45(43)71-48)72-49(3,4)73-47)13-68-44-41(62)33(54)28(34(55)42(44)63)25-20-11-9-18(66-20)23(26-29(50)35(56)39(60)36(57)30(26)51)16-7-5-14(64-16)15-6-8-17(65-15)24(19-10-12-21(25)67-19)27-31(52)37(58)40(61)38(59)32(27)53/h5-12,22,43,45-47,64-66H,13H2,1-4H3/t22-,43+,45+,46-,47-/m1/s1. The number of fused-ring (bicyclic) bond motifs is 12. The molecule has 8 bridgehead atoms. The Morgan fingerprint density at radius 2 is 0.753 bits per heavy atom. The highest BCUT2D eigenvalue weighted by Crippen LogP contribution is 2.47. The number of aromatic nitrogens is 4. The Labute approximate surface area is 399 Å². The molecule has 73 heavy (non-hydrogen) atoms. The lowest BCUT2D eigenvalue weighted by atomic mass is 9.99. The number of rotatable bonds is 6. The van der Waals surface area contributed by atoms with Crippen LogP contribution in [0.5, 0.6) is 5.75 Å². The minimum absolute atomic E-state index is 0.0707. The zero-order chi connectivity index (χ0) is 52.1. The predicted octanol–water partition coefficient (Wildman–Crippen LogP) is 12.4. The normalized spacial score (nSPS) is 21.4. The maximum absolute atomic E-state index is 17.0. The lowest BCUT2D eigenvalue weighted by Crippen LogP contribution is -2.56. The van der Waals surface area contributed by atoms with Gasteiger partial charge in [-0.1, -0.05) is 0 Å². The van der Waals surface area contributed by atoms with Gasteiger partial charge in [0.05, 0.1) is 39.1 Å². The van der Waals surface area contributed by atoms with Crippen LogP contribution in [0.3, 0.4) is 0 Å². The van der Waals surface area contributed by atoms with Crippen molar-refractivity contribution in [1.82, 2.24) is 19.9 Å². The SMILES string of the molecule is CC1(C)O[C@H]2[C@@H](O1)[C@@H](COc1c(F)c(F)c(-c3c4nc(c(-c5c(F)c(F)c(F)c(F)c5F)c5ccc([nH]5)c5ccc([nH]5)c(-c5c(F)c(F)c(F)c(F)c5F)c5ccc3[nH]5)C=C4)c(F)c1F)O[C@@H]1OC(C)(C)O[C@@H]12. The van der Waals surface area contributed by atoms with E-state index < -0.39 is 203 Å². The molecule has 7 aromatic rings. The number of benzene rings is 3. The Bertz CT molecular complexity index is 3620. The third kappa shape index (κ3) is 7.46. The minimum atomic E-state index is -2.53. The van der Waals surface area contributed by atoms with Gasteiger partial charge in [-0.15, -0.1) is 0 Å². The topological polar surface area (TPSA) is 116 Å². The zero-order valence-electron chi connectivity index (χ0n) is 37.4. The monoisotopic (exact) mass is 1040 g/mol. The van der Waals surface area contributed by atoms with Crippen molar-refractivity contribution in [2.45, 2.75) is 70.0 Å². The van der Waals surface area contributed by atoms with Crippen molar-refractivity contribution in [2.24, 2.45) is 0 Å². The fraction of sp³-hybridized carbons (Fsp3) is 0.245. The summed E-state index contributed by atoms with van der Waals surface area (Å²) in [5, 5.41) is 0. The summed E-state index contributed by atoms with van der Waals surface area (Å²) in [5.74, 6) is -36.8. The molecule has 0 amide bonds. The van der Waals surface area contributed by atoms with Gasteiger partial charge in [-0.05, 0) is 76.2 Å². The van der Waals surface area contributed by atoms with Crippen LogP contribution in [0.15, 0.2) is 36.4 Å². The van der Waals surface area contributed by atoms with Gasteiger partial charge in [0, 0.05) is 38.8 Å². The lowest BCUT2D eigenvalue weighted by Gasteiger charge is -2.37. The van der Waals surface area contributed by atoms with Crippen LogP contribution in [-0.4, -0.2) is 68.8 Å². The first-order valence-corrected chi connectivity index (χ1v) is 21.7. The second-order valence-electron chi connectivity index (χ2n) is 18.1. The number of H-pyrrole nitrogens is 3. The molecule has 3 aromatic carbocycles. The highest BCUT2D eigenvalue weighted by atomic mass is 19.2. The van der Waals surface area contributed by atoms with Crippen LogP contribution in [-0.2, 0) is 23.7 Å². The molecule has 24 heteroatoms. The van der Waals surface area contributed by atoms with E-state index in [-0.39, 0.29) is 11.0 Å². The number of nitrogens with one attached hydrogen (secondary N) is 3. The van der Waals surface area contributed by atoms with E-state index in [4.69, 9.17) is 28.4 Å². The summed E-state index contributed by atoms with van der Waals surface area (Å²) in [5.41, 5.74) is -11.1. The molecular formula is C49H30F14N4O6. The van der Waals surface area contributed by atoms with Crippen molar-refractivity contribution in [3.63, 3.8) is 0 Å². The van der Waals surface area contributed by atoms with Gasteiger partial charge in [-0.3, -0.25) is 0 Å². The minimum Gasteiger partial charge on any atom is -0.485 e. The molecule has 3 fully saturated rings. The van der Waals surface area contributed by atoms with E-state index in [9.17, 15) is 26.3 Å². The molecule has 4 aromatic heterocycles. The Morgan fingerprint density at radius 3 is 1.22 bits per heavy atom. The number of nitrogens with zero attached hydrogens (tertiary/aromatic N) is 1. The molecule has 8 heterocycles. The first-order chi connectivity index (χ1) is 34.5. The fourth-order valence-electron chi connectivity index (χ4n) is 9.54. The van der Waals surface area contributed by atoms with Gasteiger partial charge in [-0.25, -0.2) is 57.7 Å². The quantitative estimate of drug-likeness (QED) is 0.0863. The Kier molecular flexibility index (Phi) is 11.1. The summed E-state index contributed by atoms with van der Waals surface area (Å²) in [6.07, 6.45) is -3.46. The average molecular weight is 1040 g/mol. The van der Waals surface area contributed by atoms with Crippen LogP contribution >= 0.6 is 0 Å².